The fourth-order valence-electron chi connectivity index (χ4n) is 2.15. The maximum absolute atomic E-state index is 5.40. The van der Waals surface area contributed by atoms with Crippen LogP contribution in [0.2, 0.25) is 0 Å². The van der Waals surface area contributed by atoms with Crippen LogP contribution in [0.15, 0.2) is 24.3 Å². The Labute approximate surface area is 111 Å². The molecular weight excluding hydrogens is 224 g/mol. The molecule has 0 saturated heterocycles. The molecule has 0 aliphatic rings. The van der Waals surface area contributed by atoms with Gasteiger partial charge in [0, 0.05) is 24.7 Å². The SMILES string of the molecule is CCNCC(CC)N(C)Cc1ccccc1OC. The van der Waals surface area contributed by atoms with Gasteiger partial charge in [0.15, 0.2) is 0 Å². The second-order valence-corrected chi connectivity index (χ2v) is 4.60. The molecule has 18 heavy (non-hydrogen) atoms. The van der Waals surface area contributed by atoms with Crippen LogP contribution in [0.4, 0.5) is 0 Å². The Morgan fingerprint density at radius 1 is 1.28 bits per heavy atom. The topological polar surface area (TPSA) is 24.5 Å². The average Bonchev–Trinajstić information content (AvgIpc) is 2.40. The Kier molecular flexibility index (Phi) is 6.76. The maximum atomic E-state index is 5.40. The molecule has 0 amide bonds. The molecule has 3 heteroatoms. The van der Waals surface area contributed by atoms with Gasteiger partial charge in [0.25, 0.3) is 0 Å². The van der Waals surface area contributed by atoms with Gasteiger partial charge in [-0.1, -0.05) is 32.0 Å². The van der Waals surface area contributed by atoms with E-state index < -0.39 is 0 Å². The maximum Gasteiger partial charge on any atom is 0.123 e. The van der Waals surface area contributed by atoms with Gasteiger partial charge >= 0.3 is 0 Å². The Morgan fingerprint density at radius 2 is 2.00 bits per heavy atom. The summed E-state index contributed by atoms with van der Waals surface area (Å²) in [7, 11) is 3.91. The van der Waals surface area contributed by atoms with E-state index in [1.165, 1.54) is 5.56 Å². The normalized spacial score (nSPS) is 12.7. The number of nitrogens with zero attached hydrogens (tertiary/aromatic N) is 1. The zero-order valence-electron chi connectivity index (χ0n) is 12.1. The lowest BCUT2D eigenvalue weighted by Gasteiger charge is -2.28. The number of rotatable bonds is 8. The quantitative estimate of drug-likeness (QED) is 0.767. The van der Waals surface area contributed by atoms with E-state index in [4.69, 9.17) is 4.74 Å². The van der Waals surface area contributed by atoms with Crippen molar-refractivity contribution in [1.29, 1.82) is 0 Å². The molecule has 0 saturated carbocycles. The summed E-state index contributed by atoms with van der Waals surface area (Å²) in [5, 5.41) is 3.42. The molecule has 102 valence electrons. The lowest BCUT2D eigenvalue weighted by atomic mass is 10.1. The van der Waals surface area contributed by atoms with Gasteiger partial charge in [-0.3, -0.25) is 4.90 Å². The molecule has 1 aromatic rings. The summed E-state index contributed by atoms with van der Waals surface area (Å²) in [6.45, 7) is 7.37. The fraction of sp³-hybridized carbons (Fsp3) is 0.600. The number of likely N-dealkylation sites (N-methyl/N-ethyl adjacent to an activating group) is 2. The van der Waals surface area contributed by atoms with Gasteiger partial charge in [0.1, 0.15) is 5.75 Å². The third-order valence-corrected chi connectivity index (χ3v) is 3.34. The highest BCUT2D eigenvalue weighted by molar-refractivity contribution is 5.33. The Balaban J connectivity index is 2.63. The molecule has 1 atom stereocenters. The van der Waals surface area contributed by atoms with Gasteiger partial charge in [-0.25, -0.2) is 0 Å². The highest BCUT2D eigenvalue weighted by Crippen LogP contribution is 2.19. The first-order valence-electron chi connectivity index (χ1n) is 6.75. The molecule has 0 fully saturated rings. The van der Waals surface area contributed by atoms with E-state index in [-0.39, 0.29) is 0 Å². The monoisotopic (exact) mass is 250 g/mol. The van der Waals surface area contributed by atoms with Gasteiger partial charge in [0.05, 0.1) is 7.11 Å². The summed E-state index contributed by atoms with van der Waals surface area (Å²) < 4.78 is 5.40. The van der Waals surface area contributed by atoms with Crippen LogP contribution in [0.1, 0.15) is 25.8 Å². The van der Waals surface area contributed by atoms with Crippen molar-refractivity contribution in [2.45, 2.75) is 32.9 Å². The van der Waals surface area contributed by atoms with Crippen LogP contribution in [0.5, 0.6) is 5.75 Å². The number of methoxy groups -OCH3 is 1. The molecule has 0 radical (unpaired) electrons. The molecule has 1 rings (SSSR count). The van der Waals surface area contributed by atoms with Gasteiger partial charge in [0.2, 0.25) is 0 Å². The van der Waals surface area contributed by atoms with Crippen LogP contribution in [0.25, 0.3) is 0 Å². The summed E-state index contributed by atoms with van der Waals surface area (Å²) in [6, 6.07) is 8.80. The lowest BCUT2D eigenvalue weighted by molar-refractivity contribution is 0.219. The Bertz CT molecular complexity index is 341. The van der Waals surface area contributed by atoms with Crippen molar-refractivity contribution >= 4 is 0 Å². The number of nitrogens with one attached hydrogen (secondary N) is 1. The molecule has 0 heterocycles. The molecule has 0 aromatic heterocycles. The second kappa shape index (κ2) is 8.11. The first-order valence-corrected chi connectivity index (χ1v) is 6.75. The standard InChI is InChI=1S/C15H26N2O/c1-5-14(11-16-6-2)17(3)12-13-9-7-8-10-15(13)18-4/h7-10,14,16H,5-6,11-12H2,1-4H3. The van der Waals surface area contributed by atoms with Gasteiger partial charge < -0.3 is 10.1 Å². The molecule has 0 aliphatic heterocycles. The van der Waals surface area contributed by atoms with Crippen LogP contribution < -0.4 is 10.1 Å². The minimum atomic E-state index is 0.565. The van der Waals surface area contributed by atoms with E-state index in [1.807, 2.05) is 12.1 Å². The summed E-state index contributed by atoms with van der Waals surface area (Å²) in [4.78, 5) is 2.39. The molecule has 0 spiro atoms. The predicted octanol–water partition coefficient (Wildman–Crippen LogP) is 2.52. The van der Waals surface area contributed by atoms with E-state index in [1.54, 1.807) is 7.11 Å². The number of hydrogen-bond acceptors (Lipinski definition) is 3. The van der Waals surface area contributed by atoms with Gasteiger partial charge in [-0.05, 0) is 26.1 Å². The third-order valence-electron chi connectivity index (χ3n) is 3.34. The van der Waals surface area contributed by atoms with Crippen LogP contribution >= 0.6 is 0 Å². The van der Waals surface area contributed by atoms with Crippen molar-refractivity contribution in [2.24, 2.45) is 0 Å². The van der Waals surface area contributed by atoms with Crippen molar-refractivity contribution in [3.63, 3.8) is 0 Å². The molecule has 0 bridgehead atoms. The summed E-state index contributed by atoms with van der Waals surface area (Å²) in [5.41, 5.74) is 1.25. The van der Waals surface area contributed by atoms with Gasteiger partial charge in [-0.15, -0.1) is 0 Å². The third kappa shape index (κ3) is 4.31. The number of benzene rings is 1. The Hall–Kier alpha value is -1.06. The number of ether oxygens (including phenoxy) is 1. The Morgan fingerprint density at radius 3 is 2.61 bits per heavy atom. The van der Waals surface area contributed by atoms with Crippen molar-refractivity contribution in [1.82, 2.24) is 10.2 Å². The van der Waals surface area contributed by atoms with E-state index >= 15 is 0 Å². The van der Waals surface area contributed by atoms with Crippen molar-refractivity contribution in [2.75, 3.05) is 27.2 Å². The first-order chi connectivity index (χ1) is 8.72. The van der Waals surface area contributed by atoms with E-state index in [9.17, 15) is 0 Å². The zero-order chi connectivity index (χ0) is 13.4. The van der Waals surface area contributed by atoms with Crippen LogP contribution in [0.3, 0.4) is 0 Å². The molecule has 1 aromatic carbocycles. The number of para-hydroxylation sites is 1. The van der Waals surface area contributed by atoms with E-state index in [2.05, 4.69) is 43.2 Å². The highest BCUT2D eigenvalue weighted by Gasteiger charge is 2.13. The summed E-state index contributed by atoms with van der Waals surface area (Å²) >= 11 is 0. The minimum Gasteiger partial charge on any atom is -0.496 e. The van der Waals surface area contributed by atoms with Crippen LogP contribution in [-0.4, -0.2) is 38.2 Å². The largest absolute Gasteiger partial charge is 0.496 e. The van der Waals surface area contributed by atoms with E-state index in [0.29, 0.717) is 6.04 Å². The molecule has 0 aliphatic carbocycles. The molecular formula is C15H26N2O. The van der Waals surface area contributed by atoms with Crippen molar-refractivity contribution in [3.05, 3.63) is 29.8 Å². The molecule has 1 N–H and O–H groups in total. The van der Waals surface area contributed by atoms with E-state index in [0.717, 1.165) is 31.8 Å². The number of hydrogen-bond donors (Lipinski definition) is 1. The van der Waals surface area contributed by atoms with Crippen molar-refractivity contribution in [3.8, 4) is 5.75 Å². The molecule has 1 unspecified atom stereocenters. The average molecular weight is 250 g/mol. The van der Waals surface area contributed by atoms with Crippen LogP contribution in [-0.2, 0) is 6.54 Å². The fourth-order valence-corrected chi connectivity index (χ4v) is 2.15. The zero-order valence-corrected chi connectivity index (χ0v) is 12.1. The highest BCUT2D eigenvalue weighted by atomic mass is 16.5. The summed E-state index contributed by atoms with van der Waals surface area (Å²) in [5.74, 6) is 0.975. The summed E-state index contributed by atoms with van der Waals surface area (Å²) in [6.07, 6.45) is 1.15. The minimum absolute atomic E-state index is 0.565. The van der Waals surface area contributed by atoms with Gasteiger partial charge in [-0.2, -0.15) is 0 Å². The smallest absolute Gasteiger partial charge is 0.123 e. The molecule has 3 nitrogen and oxygen atoms in total. The second-order valence-electron chi connectivity index (χ2n) is 4.60. The first kappa shape index (κ1) is 15.0. The van der Waals surface area contributed by atoms with Crippen LogP contribution in [0, 0.1) is 0 Å². The van der Waals surface area contributed by atoms with Crippen molar-refractivity contribution < 1.29 is 4.74 Å². The lowest BCUT2D eigenvalue weighted by Crippen LogP contribution is -2.39. The predicted molar refractivity (Wildman–Crippen MR) is 77.1 cm³/mol.